The quantitative estimate of drug-likeness (QED) is 0.112. The zero-order valence-electron chi connectivity index (χ0n) is 70.8. The van der Waals surface area contributed by atoms with Gasteiger partial charge in [0.15, 0.2) is 0 Å². The van der Waals surface area contributed by atoms with Gasteiger partial charge in [0.1, 0.15) is 5.75 Å². The minimum Gasteiger partial charge on any atom is -0.536 e. The number of fused-ring (bicyclic) bond motifs is 25. The average molecular weight is 1720 g/mol. The van der Waals surface area contributed by atoms with Crippen molar-refractivity contribution in [2.75, 3.05) is 26.9 Å². The molecule has 20 aromatic rings. The average Bonchev–Trinajstić information content (AvgIpc) is 1.56. The highest BCUT2D eigenvalue weighted by Gasteiger charge is 2.52. The number of aryl methyl sites for hydroxylation is 1. The maximum atomic E-state index is 9.03. The Kier molecular flexibility index (Phi) is 23.8. The second kappa shape index (κ2) is 35.7. The van der Waals surface area contributed by atoms with Crippen LogP contribution in [0, 0.1) is 6.92 Å². The van der Waals surface area contributed by atoms with Crippen LogP contribution < -0.4 is 26.5 Å². The van der Waals surface area contributed by atoms with Crippen LogP contribution in [-0.4, -0.2) is 91.5 Å². The van der Waals surface area contributed by atoms with E-state index in [0.717, 1.165) is 59.8 Å². The molecule has 4 fully saturated rings. The summed E-state index contributed by atoms with van der Waals surface area (Å²) in [6.07, 6.45) is 13.0. The maximum Gasteiger partial charge on any atom is 0.569 e. The lowest BCUT2D eigenvalue weighted by molar-refractivity contribution is 0.00578. The van der Waals surface area contributed by atoms with Crippen LogP contribution in [0.4, 0.5) is 0 Å². The van der Waals surface area contributed by atoms with Gasteiger partial charge in [-0.25, -0.2) is 0 Å². The normalized spacial score (nSPS) is 15.6. The molecule has 1 radical (unpaired) electrons. The molecule has 0 atom stereocenters. The Morgan fingerprint density at radius 1 is 0.379 bits per heavy atom. The van der Waals surface area contributed by atoms with E-state index in [1.54, 1.807) is 18.4 Å². The number of thiophene rings is 5. The van der Waals surface area contributed by atoms with Crippen LogP contribution in [0.15, 0.2) is 267 Å². The third-order valence-corrected chi connectivity index (χ3v) is 31.6. The molecule has 615 valence electrons. The molecule has 2 aliphatic heterocycles. The van der Waals surface area contributed by atoms with Gasteiger partial charge in [0, 0.05) is 144 Å². The minimum atomic E-state index is -0.347. The van der Waals surface area contributed by atoms with Crippen molar-refractivity contribution in [3.8, 4) is 5.75 Å². The Morgan fingerprint density at radius 2 is 0.718 bits per heavy atom. The van der Waals surface area contributed by atoms with E-state index >= 15 is 0 Å². The van der Waals surface area contributed by atoms with Crippen LogP contribution in [0.25, 0.3) is 155 Å². The molecule has 24 rings (SSSR count). The molecule has 0 amide bonds. The van der Waals surface area contributed by atoms with E-state index in [1.165, 1.54) is 194 Å². The number of hydrogen-bond acceptors (Lipinski definition) is 15. The summed E-state index contributed by atoms with van der Waals surface area (Å²) in [4.78, 5) is 0. The lowest BCUT2D eigenvalue weighted by atomic mass is 9.75. The van der Waals surface area contributed by atoms with Crippen molar-refractivity contribution in [2.24, 2.45) is 0 Å². The number of hydrogen-bond donors (Lipinski definition) is 1. The van der Waals surface area contributed by atoms with Gasteiger partial charge >= 0.3 is 36.2 Å². The summed E-state index contributed by atoms with van der Waals surface area (Å²) >= 11 is 9.06. The van der Waals surface area contributed by atoms with Crippen molar-refractivity contribution in [1.82, 2.24) is 0 Å². The molecular formula is C104H94B5O10S5. The molecule has 7 heterocycles. The first-order valence-corrected chi connectivity index (χ1v) is 47.7. The summed E-state index contributed by atoms with van der Waals surface area (Å²) in [6, 6.07) is 94.9. The zero-order chi connectivity index (χ0) is 84.2. The first-order chi connectivity index (χ1) is 60.8. The molecule has 0 bridgehead atoms. The van der Waals surface area contributed by atoms with Gasteiger partial charge < -0.3 is 46.9 Å². The second-order valence-corrected chi connectivity index (χ2v) is 39.2. The monoisotopic (exact) mass is 1720 g/mol. The summed E-state index contributed by atoms with van der Waals surface area (Å²) in [5.74, 6) is 0.699. The third kappa shape index (κ3) is 15.9. The van der Waals surface area contributed by atoms with Crippen LogP contribution in [-0.2, 0) is 37.2 Å². The summed E-state index contributed by atoms with van der Waals surface area (Å²) in [6.45, 7) is 14.5. The first-order valence-electron chi connectivity index (χ1n) is 43.6. The molecule has 20 heteroatoms. The van der Waals surface area contributed by atoms with Gasteiger partial charge in [-0.05, 0) is 164 Å². The Bertz CT molecular complexity index is 7330. The molecule has 10 nitrogen and oxygen atoms in total. The van der Waals surface area contributed by atoms with Gasteiger partial charge in [-0.1, -0.05) is 269 Å². The van der Waals surface area contributed by atoms with Crippen LogP contribution in [0.1, 0.15) is 104 Å². The predicted molar refractivity (Wildman–Crippen MR) is 536 cm³/mol. The topological polar surface area (TPSA) is 103 Å². The fourth-order valence-corrected chi connectivity index (χ4v) is 25.0. The van der Waals surface area contributed by atoms with Crippen molar-refractivity contribution >= 4 is 269 Å². The predicted octanol–water partition coefficient (Wildman–Crippen LogP) is 26.1. The second-order valence-electron chi connectivity index (χ2n) is 33.9. The molecule has 15 aromatic carbocycles. The van der Waals surface area contributed by atoms with Crippen molar-refractivity contribution in [3.05, 3.63) is 272 Å². The first kappa shape index (κ1) is 82.7. The molecule has 5 aromatic heterocycles. The highest BCUT2D eigenvalue weighted by Crippen LogP contribution is 2.47. The van der Waals surface area contributed by atoms with Gasteiger partial charge in [0.25, 0.3) is 0 Å². The molecule has 0 unspecified atom stereocenters. The molecule has 124 heavy (non-hydrogen) atoms. The summed E-state index contributed by atoms with van der Waals surface area (Å²) < 4.78 is 67.4. The van der Waals surface area contributed by atoms with Gasteiger partial charge in [0.2, 0.25) is 0 Å². The summed E-state index contributed by atoms with van der Waals surface area (Å²) in [5, 5.41) is 34.6. The maximum absolute atomic E-state index is 9.03. The van der Waals surface area contributed by atoms with Crippen LogP contribution >= 0.6 is 56.7 Å². The van der Waals surface area contributed by atoms with Crippen LogP contribution in [0.3, 0.4) is 0 Å². The fourth-order valence-electron chi connectivity index (χ4n) is 18.8. The molecule has 4 aliphatic rings. The van der Waals surface area contributed by atoms with E-state index in [0.29, 0.717) is 37.8 Å². The highest BCUT2D eigenvalue weighted by molar-refractivity contribution is 7.29. The van der Waals surface area contributed by atoms with E-state index in [2.05, 4.69) is 289 Å². The van der Waals surface area contributed by atoms with Crippen molar-refractivity contribution in [3.63, 3.8) is 0 Å². The van der Waals surface area contributed by atoms with Gasteiger partial charge in [-0.3, -0.25) is 0 Å². The van der Waals surface area contributed by atoms with E-state index < -0.39 is 0 Å². The van der Waals surface area contributed by atoms with Gasteiger partial charge in [0.05, 0.1) is 29.1 Å². The van der Waals surface area contributed by atoms with Crippen molar-refractivity contribution in [1.29, 1.82) is 0 Å². The Morgan fingerprint density at radius 3 is 1.13 bits per heavy atom. The molecule has 0 spiro atoms. The number of rotatable bonds is 13. The molecular weight excluding hydrogens is 1620 g/mol. The van der Waals surface area contributed by atoms with Crippen molar-refractivity contribution in [2.45, 2.75) is 129 Å². The van der Waals surface area contributed by atoms with Crippen LogP contribution in [0.5, 0.6) is 5.75 Å². The zero-order valence-corrected chi connectivity index (χ0v) is 74.9. The molecule has 1 N–H and O–H groups in total. The van der Waals surface area contributed by atoms with Gasteiger partial charge in [-0.15, -0.1) is 56.7 Å². The minimum absolute atomic E-state index is 0.236. The van der Waals surface area contributed by atoms with E-state index in [-0.39, 0.29) is 39.7 Å². The SMILES string of the molecule is CC1(C)OB(c2cc3ccccc3c3c2sc2ccccc23)OC1(C)C.CCOB(OC)c1cc2ccccc2c2c1sc1ccccc12.Cc1ccc2sc3c(O[B]O)cc4ccccc4c3c2c1.c1ccc2c(c1)cc(B(OC1CCCCC1)OC1CCCCC1)c1sc3ccccc3c12.c1ccc2c(c1)cc(B1OCCO1)c1sc3ccccc3c12. The number of benzene rings is 15. The third-order valence-electron chi connectivity index (χ3n) is 25.5. The fraction of sp³-hybridized carbons (Fsp3) is 0.231. The molecule has 2 saturated carbocycles. The van der Waals surface area contributed by atoms with E-state index in [9.17, 15) is 0 Å². The standard InChI is InChI=1S/C28H31BO2S.C22H21BO2S.C19H17BO2S.C18H13BO2S.C17H12BO2S/c1-3-12-21(13-4-1)30-29(31-22-14-5-2-6-15-22)25-19-20-11-7-8-16-23(20)27-24-17-9-10-18-26(24)32-28(25)27;1-21(2)22(3,4)25-23(24-21)17-13-14-9-5-6-10-15(14)19-16-11-7-8-12-18(16)26-20(17)19;1-3-22-20(21-2)16-12-13-8-4-5-9-14(13)18-15-10-6-7-11-17(15)23-19(16)18;1-2-6-13-12(5-1)11-15(19-20-9-10-21-19)18-17(13)14-7-3-4-8-16(14)22-18;1-10-6-7-15-13(8-10)16-12-5-3-2-4-11(12)9-14(20-18-19)17(16)21-15/h7-11,16-19,21-22H,1-6,12-15H2;5-13H,1-4H3;4-12H,3H2,1-2H3;1-8,11H,9-10H2;2-9,19H,1H3. The Balaban J connectivity index is 0.0000000990. The molecule has 2 saturated heterocycles. The Hall–Kier alpha value is -9.54. The van der Waals surface area contributed by atoms with E-state index in [4.69, 9.17) is 46.9 Å². The highest BCUT2D eigenvalue weighted by atomic mass is 32.1. The lowest BCUT2D eigenvalue weighted by Crippen LogP contribution is -2.44. The lowest BCUT2D eigenvalue weighted by Gasteiger charge is -2.32. The summed E-state index contributed by atoms with van der Waals surface area (Å²) in [5.41, 5.74) is 5.20. The largest absolute Gasteiger partial charge is 0.569 e. The molecule has 2 aliphatic carbocycles. The smallest absolute Gasteiger partial charge is 0.536 e. The van der Waals surface area contributed by atoms with Crippen molar-refractivity contribution < 1.29 is 46.9 Å². The van der Waals surface area contributed by atoms with Gasteiger partial charge in [-0.2, -0.15) is 0 Å². The Labute approximate surface area is 744 Å². The van der Waals surface area contributed by atoms with E-state index in [1.807, 2.05) is 64.4 Å². The summed E-state index contributed by atoms with van der Waals surface area (Å²) in [7, 11) is 1.26. The van der Waals surface area contributed by atoms with Crippen LogP contribution in [0.2, 0.25) is 0 Å².